The third-order valence-electron chi connectivity index (χ3n) is 5.15. The van der Waals surface area contributed by atoms with E-state index in [9.17, 15) is 4.79 Å². The molecule has 21 heavy (non-hydrogen) atoms. The number of ether oxygens (including phenoxy) is 1. The van der Waals surface area contributed by atoms with Crippen LogP contribution in [-0.2, 0) is 23.0 Å². The number of nitrogens with one attached hydrogen (secondary N) is 1. The highest BCUT2D eigenvalue weighted by atomic mass is 16.5. The molecule has 1 aromatic heterocycles. The molecule has 1 amide bonds. The van der Waals surface area contributed by atoms with E-state index < -0.39 is 0 Å². The minimum absolute atomic E-state index is 0.106. The Labute approximate surface area is 126 Å². The van der Waals surface area contributed by atoms with Gasteiger partial charge in [0.15, 0.2) is 0 Å². The number of aryl methyl sites for hydroxylation is 1. The predicted octanol–water partition coefficient (Wildman–Crippen LogP) is 1.82. The van der Waals surface area contributed by atoms with Crippen LogP contribution in [0.1, 0.15) is 44.6 Å². The minimum Gasteiger partial charge on any atom is -0.378 e. The monoisotopic (exact) mass is 291 g/mol. The molecule has 0 aromatic carbocycles. The van der Waals surface area contributed by atoms with E-state index in [1.54, 1.807) is 10.9 Å². The molecule has 2 aliphatic rings. The van der Waals surface area contributed by atoms with E-state index in [1.165, 1.54) is 25.7 Å². The van der Waals surface area contributed by atoms with Crippen molar-refractivity contribution in [3.63, 3.8) is 0 Å². The predicted molar refractivity (Wildman–Crippen MR) is 79.8 cm³/mol. The van der Waals surface area contributed by atoms with Crippen LogP contribution >= 0.6 is 0 Å². The number of nitrogens with zero attached hydrogens (tertiary/aromatic N) is 2. The van der Waals surface area contributed by atoms with E-state index in [1.807, 2.05) is 13.2 Å². The van der Waals surface area contributed by atoms with Crippen LogP contribution in [-0.4, -0.2) is 34.4 Å². The molecular weight excluding hydrogens is 266 g/mol. The van der Waals surface area contributed by atoms with Crippen molar-refractivity contribution in [2.45, 2.75) is 57.6 Å². The van der Waals surface area contributed by atoms with Gasteiger partial charge in [-0.1, -0.05) is 12.8 Å². The molecule has 1 N–H and O–H groups in total. The molecule has 1 heterocycles. The lowest BCUT2D eigenvalue weighted by Gasteiger charge is -2.54. The van der Waals surface area contributed by atoms with Crippen molar-refractivity contribution in [3.05, 3.63) is 18.0 Å². The number of hydrogen-bond acceptors (Lipinski definition) is 3. The molecule has 2 saturated carbocycles. The molecule has 3 rings (SSSR count). The summed E-state index contributed by atoms with van der Waals surface area (Å²) in [7, 11) is 1.87. The SMILES string of the molecule is CCOC1CC(NC(=O)Cc2cnn(C)c2)C12CCCC2. The molecule has 5 nitrogen and oxygen atoms in total. The highest BCUT2D eigenvalue weighted by Gasteiger charge is 2.57. The van der Waals surface area contributed by atoms with Gasteiger partial charge in [0.1, 0.15) is 0 Å². The molecular formula is C16H25N3O2. The van der Waals surface area contributed by atoms with Crippen LogP contribution in [0.15, 0.2) is 12.4 Å². The van der Waals surface area contributed by atoms with Gasteiger partial charge in [0.25, 0.3) is 0 Å². The molecule has 5 heteroatoms. The summed E-state index contributed by atoms with van der Waals surface area (Å²) in [6.07, 6.45) is 10.3. The molecule has 0 radical (unpaired) electrons. The molecule has 2 unspecified atom stereocenters. The van der Waals surface area contributed by atoms with Crippen molar-refractivity contribution in [1.82, 2.24) is 15.1 Å². The van der Waals surface area contributed by atoms with Gasteiger partial charge in [-0.05, 0) is 31.7 Å². The first-order valence-electron chi connectivity index (χ1n) is 8.02. The first-order chi connectivity index (χ1) is 10.1. The van der Waals surface area contributed by atoms with E-state index in [-0.39, 0.29) is 11.3 Å². The van der Waals surface area contributed by atoms with Crippen molar-refractivity contribution in [2.24, 2.45) is 12.5 Å². The summed E-state index contributed by atoms with van der Waals surface area (Å²) >= 11 is 0. The van der Waals surface area contributed by atoms with Crippen LogP contribution < -0.4 is 5.32 Å². The van der Waals surface area contributed by atoms with Gasteiger partial charge in [0.2, 0.25) is 5.91 Å². The van der Waals surface area contributed by atoms with Crippen molar-refractivity contribution in [1.29, 1.82) is 0 Å². The van der Waals surface area contributed by atoms with Gasteiger partial charge < -0.3 is 10.1 Å². The van der Waals surface area contributed by atoms with Crippen LogP contribution in [0.2, 0.25) is 0 Å². The van der Waals surface area contributed by atoms with E-state index in [0.717, 1.165) is 18.6 Å². The van der Waals surface area contributed by atoms with Crippen LogP contribution in [0.5, 0.6) is 0 Å². The molecule has 1 aromatic rings. The molecule has 2 fully saturated rings. The first kappa shape index (κ1) is 14.6. The highest BCUT2D eigenvalue weighted by Crippen LogP contribution is 2.54. The third-order valence-corrected chi connectivity index (χ3v) is 5.15. The Balaban J connectivity index is 1.58. The number of hydrogen-bond donors (Lipinski definition) is 1. The van der Waals surface area contributed by atoms with Crippen molar-refractivity contribution in [3.8, 4) is 0 Å². The Morgan fingerprint density at radius 1 is 1.52 bits per heavy atom. The van der Waals surface area contributed by atoms with Crippen molar-refractivity contribution in [2.75, 3.05) is 6.61 Å². The second kappa shape index (κ2) is 5.79. The quantitative estimate of drug-likeness (QED) is 0.900. The average Bonchev–Trinajstić information content (AvgIpc) is 3.08. The van der Waals surface area contributed by atoms with E-state index in [4.69, 9.17) is 4.74 Å². The van der Waals surface area contributed by atoms with Crippen molar-refractivity contribution < 1.29 is 9.53 Å². The van der Waals surface area contributed by atoms with Gasteiger partial charge in [-0.3, -0.25) is 9.48 Å². The Hall–Kier alpha value is -1.36. The molecule has 1 spiro atoms. The van der Waals surface area contributed by atoms with E-state index in [2.05, 4.69) is 17.3 Å². The van der Waals surface area contributed by atoms with Gasteiger partial charge in [-0.2, -0.15) is 5.10 Å². The maximum atomic E-state index is 12.2. The largest absolute Gasteiger partial charge is 0.378 e. The zero-order valence-electron chi connectivity index (χ0n) is 13.0. The summed E-state index contributed by atoms with van der Waals surface area (Å²) in [5, 5.41) is 7.35. The van der Waals surface area contributed by atoms with Gasteiger partial charge in [0.05, 0.1) is 18.7 Å². The second-order valence-electron chi connectivity index (χ2n) is 6.44. The molecule has 116 valence electrons. The van der Waals surface area contributed by atoms with E-state index in [0.29, 0.717) is 18.6 Å². The lowest BCUT2D eigenvalue weighted by Crippen LogP contribution is -2.63. The summed E-state index contributed by atoms with van der Waals surface area (Å²) < 4.78 is 7.62. The lowest BCUT2D eigenvalue weighted by molar-refractivity contribution is -0.143. The Morgan fingerprint density at radius 3 is 2.90 bits per heavy atom. The Bertz CT molecular complexity index is 505. The summed E-state index contributed by atoms with van der Waals surface area (Å²) in [6.45, 7) is 2.82. The second-order valence-corrected chi connectivity index (χ2v) is 6.44. The number of carbonyl (C=O) groups is 1. The smallest absolute Gasteiger partial charge is 0.224 e. The van der Waals surface area contributed by atoms with Crippen LogP contribution in [0.4, 0.5) is 0 Å². The zero-order valence-corrected chi connectivity index (χ0v) is 13.0. The molecule has 0 bridgehead atoms. The van der Waals surface area contributed by atoms with Gasteiger partial charge in [-0.15, -0.1) is 0 Å². The normalized spacial score (nSPS) is 26.8. The van der Waals surface area contributed by atoms with Crippen LogP contribution in [0.3, 0.4) is 0 Å². The van der Waals surface area contributed by atoms with Gasteiger partial charge >= 0.3 is 0 Å². The standard InChI is InChI=1S/C16H25N3O2/c1-3-21-14-9-13(16(14)6-4-5-7-16)18-15(20)8-12-10-17-19(2)11-12/h10-11,13-14H,3-9H2,1-2H3,(H,18,20). The molecule has 0 saturated heterocycles. The summed E-state index contributed by atoms with van der Waals surface area (Å²) in [4.78, 5) is 12.2. The fourth-order valence-corrected chi connectivity index (χ4v) is 4.08. The number of rotatable bonds is 5. The first-order valence-corrected chi connectivity index (χ1v) is 8.02. The van der Waals surface area contributed by atoms with E-state index >= 15 is 0 Å². The fraction of sp³-hybridized carbons (Fsp3) is 0.750. The summed E-state index contributed by atoms with van der Waals surface area (Å²) in [6, 6.07) is 0.292. The number of aromatic nitrogens is 2. The van der Waals surface area contributed by atoms with Crippen LogP contribution in [0, 0.1) is 5.41 Å². The third kappa shape index (κ3) is 2.71. The average molecular weight is 291 g/mol. The Kier molecular flexibility index (Phi) is 4.02. The Morgan fingerprint density at radius 2 is 2.29 bits per heavy atom. The fourth-order valence-electron chi connectivity index (χ4n) is 4.08. The molecule has 2 atom stereocenters. The van der Waals surface area contributed by atoms with Crippen molar-refractivity contribution >= 4 is 5.91 Å². The topological polar surface area (TPSA) is 56.1 Å². The van der Waals surface area contributed by atoms with Crippen LogP contribution in [0.25, 0.3) is 0 Å². The van der Waals surface area contributed by atoms with Gasteiger partial charge in [0, 0.05) is 31.3 Å². The lowest BCUT2D eigenvalue weighted by atomic mass is 9.60. The van der Waals surface area contributed by atoms with Gasteiger partial charge in [-0.25, -0.2) is 0 Å². The summed E-state index contributed by atoms with van der Waals surface area (Å²) in [5.41, 5.74) is 1.18. The maximum absolute atomic E-state index is 12.2. The number of amides is 1. The minimum atomic E-state index is 0.106. The molecule has 2 aliphatic carbocycles. The zero-order chi connectivity index (χ0) is 14.9. The molecule has 0 aliphatic heterocycles. The highest BCUT2D eigenvalue weighted by molar-refractivity contribution is 5.79. The number of carbonyl (C=O) groups excluding carboxylic acids is 1. The summed E-state index contributed by atoms with van der Waals surface area (Å²) in [5.74, 6) is 0.106. The maximum Gasteiger partial charge on any atom is 0.224 e.